The lowest BCUT2D eigenvalue weighted by molar-refractivity contribution is -0.466. The van der Waals surface area contributed by atoms with Crippen molar-refractivity contribution in [2.45, 2.75) is 69.9 Å². The maximum Gasteiger partial charge on any atom is 0.229 e. The Labute approximate surface area is 143 Å². The molecule has 130 valence electrons. The molecule has 1 aromatic carbocycles. The molecule has 5 rings (SSSR count). The molecule has 1 aromatic rings. The van der Waals surface area contributed by atoms with Gasteiger partial charge in [-0.15, -0.1) is 0 Å². The molecular formula is C20H26O4. The number of fused-ring (bicyclic) bond motifs is 5. The lowest BCUT2D eigenvalue weighted by Crippen LogP contribution is -2.47. The Bertz CT molecular complexity index is 597. The summed E-state index contributed by atoms with van der Waals surface area (Å²) in [4.78, 5) is 24.2. The van der Waals surface area contributed by atoms with Crippen molar-refractivity contribution in [3.63, 3.8) is 0 Å². The second-order valence-electron chi connectivity index (χ2n) is 8.41. The van der Waals surface area contributed by atoms with Crippen LogP contribution in [-0.4, -0.2) is 12.4 Å². The Morgan fingerprint density at radius 1 is 0.958 bits per heavy atom. The molecule has 0 amide bonds. The van der Waals surface area contributed by atoms with Gasteiger partial charge in [0.2, 0.25) is 6.29 Å². The Hall–Kier alpha value is -0.940. The first kappa shape index (κ1) is 15.3. The van der Waals surface area contributed by atoms with Crippen LogP contribution >= 0.6 is 0 Å². The highest BCUT2D eigenvalue weighted by atomic mass is 17.3. The first-order valence-corrected chi connectivity index (χ1v) is 9.44. The SMILES string of the molecule is CC1(C2OOC3C4CCC(C4)C3(c3ccccc3)OO2)CCCC1. The minimum Gasteiger partial charge on any atom is -0.227 e. The van der Waals surface area contributed by atoms with Crippen LogP contribution in [0.3, 0.4) is 0 Å². The fourth-order valence-electron chi connectivity index (χ4n) is 5.58. The Kier molecular flexibility index (Phi) is 3.53. The van der Waals surface area contributed by atoms with Gasteiger partial charge in [0, 0.05) is 5.41 Å². The van der Waals surface area contributed by atoms with E-state index in [0.717, 1.165) is 24.8 Å². The van der Waals surface area contributed by atoms with E-state index >= 15 is 0 Å². The molecule has 4 fully saturated rings. The summed E-state index contributed by atoms with van der Waals surface area (Å²) in [6.07, 6.45) is 7.62. The van der Waals surface area contributed by atoms with Crippen molar-refractivity contribution in [3.05, 3.63) is 35.9 Å². The molecule has 5 atom stereocenters. The summed E-state index contributed by atoms with van der Waals surface area (Å²) >= 11 is 0. The highest BCUT2D eigenvalue weighted by molar-refractivity contribution is 5.29. The largest absolute Gasteiger partial charge is 0.229 e. The Morgan fingerprint density at radius 2 is 1.75 bits per heavy atom. The third kappa shape index (κ3) is 2.07. The Balaban J connectivity index is 1.50. The van der Waals surface area contributed by atoms with Crippen LogP contribution in [0.5, 0.6) is 0 Å². The normalized spacial score (nSPS) is 43.5. The number of hydrogen-bond acceptors (Lipinski definition) is 4. The van der Waals surface area contributed by atoms with Gasteiger partial charge in [0.25, 0.3) is 0 Å². The van der Waals surface area contributed by atoms with Gasteiger partial charge in [0.15, 0.2) is 5.60 Å². The van der Waals surface area contributed by atoms with Crippen LogP contribution < -0.4 is 0 Å². The zero-order chi connectivity index (χ0) is 16.2. The van der Waals surface area contributed by atoms with Crippen LogP contribution in [0, 0.1) is 17.3 Å². The van der Waals surface area contributed by atoms with Gasteiger partial charge < -0.3 is 0 Å². The van der Waals surface area contributed by atoms with Gasteiger partial charge in [0.05, 0.1) is 0 Å². The van der Waals surface area contributed by atoms with Gasteiger partial charge >= 0.3 is 0 Å². The lowest BCUT2D eigenvalue weighted by atomic mass is 9.77. The fourth-order valence-corrected chi connectivity index (χ4v) is 5.58. The molecule has 0 radical (unpaired) electrons. The van der Waals surface area contributed by atoms with E-state index in [0.29, 0.717) is 11.8 Å². The van der Waals surface area contributed by atoms with Crippen molar-refractivity contribution >= 4 is 0 Å². The maximum absolute atomic E-state index is 6.27. The average Bonchev–Trinajstić information content (AvgIpc) is 3.29. The highest BCUT2D eigenvalue weighted by Gasteiger charge is 2.64. The number of rotatable bonds is 2. The summed E-state index contributed by atoms with van der Waals surface area (Å²) in [6, 6.07) is 10.5. The first-order valence-electron chi connectivity index (χ1n) is 9.44. The summed E-state index contributed by atoms with van der Waals surface area (Å²) in [5.74, 6) is 0.933. The standard InChI is InChI=1S/C20H26O4/c1-19(11-5-6-12-19)18-22-21-17-14-9-10-16(13-14)20(17,24-23-18)15-7-3-2-4-8-15/h2-4,7-8,14,16-18H,5-6,9-13H2,1H3. The summed E-state index contributed by atoms with van der Waals surface area (Å²) in [7, 11) is 0. The molecule has 5 unspecified atom stereocenters. The molecule has 4 heteroatoms. The highest BCUT2D eigenvalue weighted by Crippen LogP contribution is 2.60. The van der Waals surface area contributed by atoms with E-state index in [1.807, 2.05) is 6.07 Å². The molecule has 1 heterocycles. The zero-order valence-electron chi connectivity index (χ0n) is 14.3. The second-order valence-corrected chi connectivity index (χ2v) is 8.41. The molecule has 2 bridgehead atoms. The van der Waals surface area contributed by atoms with E-state index in [4.69, 9.17) is 19.6 Å². The first-order chi connectivity index (χ1) is 11.7. The van der Waals surface area contributed by atoms with Crippen molar-refractivity contribution in [1.29, 1.82) is 0 Å². The summed E-state index contributed by atoms with van der Waals surface area (Å²) in [5, 5.41) is 0. The van der Waals surface area contributed by atoms with Crippen LogP contribution in [0.1, 0.15) is 57.4 Å². The van der Waals surface area contributed by atoms with Crippen LogP contribution in [0.2, 0.25) is 0 Å². The number of hydrogen-bond donors (Lipinski definition) is 0. The van der Waals surface area contributed by atoms with Gasteiger partial charge in [-0.2, -0.15) is 4.89 Å². The zero-order valence-corrected chi connectivity index (χ0v) is 14.3. The van der Waals surface area contributed by atoms with Gasteiger partial charge in [-0.25, -0.2) is 14.7 Å². The maximum atomic E-state index is 6.27. The number of benzene rings is 1. The van der Waals surface area contributed by atoms with Crippen LogP contribution in [0.4, 0.5) is 0 Å². The quantitative estimate of drug-likeness (QED) is 0.748. The van der Waals surface area contributed by atoms with Crippen molar-refractivity contribution < 1.29 is 19.6 Å². The monoisotopic (exact) mass is 330 g/mol. The average molecular weight is 330 g/mol. The van der Waals surface area contributed by atoms with Crippen LogP contribution in [-0.2, 0) is 25.2 Å². The molecule has 1 aliphatic heterocycles. The molecule has 4 aliphatic rings. The van der Waals surface area contributed by atoms with E-state index in [9.17, 15) is 0 Å². The van der Waals surface area contributed by atoms with Gasteiger partial charge in [-0.1, -0.05) is 50.1 Å². The van der Waals surface area contributed by atoms with Gasteiger partial charge in [-0.3, -0.25) is 0 Å². The summed E-state index contributed by atoms with van der Waals surface area (Å²) in [5.41, 5.74) is 0.617. The van der Waals surface area contributed by atoms with Crippen molar-refractivity contribution in [3.8, 4) is 0 Å². The molecule has 3 aliphatic carbocycles. The van der Waals surface area contributed by atoms with E-state index < -0.39 is 11.9 Å². The van der Waals surface area contributed by atoms with E-state index in [2.05, 4.69) is 31.2 Å². The molecule has 3 saturated carbocycles. The summed E-state index contributed by atoms with van der Waals surface area (Å²) < 4.78 is 0. The van der Waals surface area contributed by atoms with E-state index in [1.54, 1.807) is 0 Å². The molecule has 4 nitrogen and oxygen atoms in total. The minimum atomic E-state index is -0.520. The van der Waals surface area contributed by atoms with Gasteiger partial charge in [-0.05, 0) is 49.5 Å². The molecule has 24 heavy (non-hydrogen) atoms. The third-order valence-corrected chi connectivity index (χ3v) is 6.99. The predicted octanol–water partition coefficient (Wildman–Crippen LogP) is 4.50. The van der Waals surface area contributed by atoms with Crippen LogP contribution in [0.15, 0.2) is 30.3 Å². The minimum absolute atomic E-state index is 0.0183. The second kappa shape index (κ2) is 5.53. The topological polar surface area (TPSA) is 36.9 Å². The van der Waals surface area contributed by atoms with Crippen molar-refractivity contribution in [2.24, 2.45) is 17.3 Å². The summed E-state index contributed by atoms with van der Waals surface area (Å²) in [6.45, 7) is 2.22. The molecule has 0 aromatic heterocycles. The predicted molar refractivity (Wildman–Crippen MR) is 87.4 cm³/mol. The van der Waals surface area contributed by atoms with Gasteiger partial charge in [0.1, 0.15) is 6.10 Å². The van der Waals surface area contributed by atoms with Crippen molar-refractivity contribution in [1.82, 2.24) is 0 Å². The molecule has 0 N–H and O–H groups in total. The fraction of sp³-hybridized carbons (Fsp3) is 0.700. The molecular weight excluding hydrogens is 304 g/mol. The van der Waals surface area contributed by atoms with E-state index in [-0.39, 0.29) is 11.5 Å². The lowest BCUT2D eigenvalue weighted by Gasteiger charge is -2.39. The van der Waals surface area contributed by atoms with Crippen LogP contribution in [0.25, 0.3) is 0 Å². The van der Waals surface area contributed by atoms with E-state index in [1.165, 1.54) is 25.7 Å². The molecule has 0 spiro atoms. The van der Waals surface area contributed by atoms with Crippen molar-refractivity contribution in [2.75, 3.05) is 0 Å². The third-order valence-electron chi connectivity index (χ3n) is 6.99. The molecule has 1 saturated heterocycles. The Morgan fingerprint density at radius 3 is 2.54 bits per heavy atom. The smallest absolute Gasteiger partial charge is 0.227 e.